The Kier molecular flexibility index (Phi) is 5.08. The van der Waals surface area contributed by atoms with Crippen LogP contribution in [0.1, 0.15) is 59.3 Å². The molecule has 20 heavy (non-hydrogen) atoms. The number of carbonyl (C=O) groups is 1. The molecule has 1 heterocycles. The SMILES string of the molecule is CCCC(COC)N1C(=O)C2(CCCC2)NC1C(C)C. The number of amides is 1. The second kappa shape index (κ2) is 6.44. The zero-order chi connectivity index (χ0) is 14.8. The van der Waals surface area contributed by atoms with Gasteiger partial charge in [0.15, 0.2) is 0 Å². The predicted molar refractivity (Wildman–Crippen MR) is 80.4 cm³/mol. The molecule has 1 spiro atoms. The third kappa shape index (κ3) is 2.73. The van der Waals surface area contributed by atoms with Crippen LogP contribution in [0.2, 0.25) is 0 Å². The van der Waals surface area contributed by atoms with Crippen molar-refractivity contribution in [2.24, 2.45) is 5.92 Å². The summed E-state index contributed by atoms with van der Waals surface area (Å²) in [5, 5.41) is 3.68. The highest BCUT2D eigenvalue weighted by atomic mass is 16.5. The van der Waals surface area contributed by atoms with Gasteiger partial charge in [0, 0.05) is 7.11 Å². The van der Waals surface area contributed by atoms with Crippen LogP contribution in [0.3, 0.4) is 0 Å². The van der Waals surface area contributed by atoms with E-state index in [1.54, 1.807) is 7.11 Å². The van der Waals surface area contributed by atoms with Gasteiger partial charge in [-0.05, 0) is 25.2 Å². The van der Waals surface area contributed by atoms with Gasteiger partial charge in [0.25, 0.3) is 0 Å². The van der Waals surface area contributed by atoms with E-state index in [9.17, 15) is 4.79 Å². The van der Waals surface area contributed by atoms with Crippen molar-refractivity contribution in [1.29, 1.82) is 0 Å². The Morgan fingerprint density at radius 1 is 1.40 bits per heavy atom. The fraction of sp³-hybridized carbons (Fsp3) is 0.938. The third-order valence-corrected chi connectivity index (χ3v) is 4.83. The molecule has 2 aliphatic rings. The second-order valence-electron chi connectivity index (χ2n) is 6.73. The van der Waals surface area contributed by atoms with Crippen molar-refractivity contribution in [2.45, 2.75) is 77.0 Å². The Morgan fingerprint density at radius 2 is 2.05 bits per heavy atom. The van der Waals surface area contributed by atoms with E-state index in [1.807, 2.05) is 0 Å². The Morgan fingerprint density at radius 3 is 2.55 bits per heavy atom. The van der Waals surface area contributed by atoms with Gasteiger partial charge in [-0.2, -0.15) is 0 Å². The van der Waals surface area contributed by atoms with Crippen molar-refractivity contribution in [3.8, 4) is 0 Å². The molecule has 2 rings (SSSR count). The maximum absolute atomic E-state index is 13.0. The Balaban J connectivity index is 2.24. The van der Waals surface area contributed by atoms with Crippen molar-refractivity contribution in [3.05, 3.63) is 0 Å². The van der Waals surface area contributed by atoms with E-state index in [-0.39, 0.29) is 17.7 Å². The standard InChI is InChI=1S/C16H30N2O2/c1-5-8-13(11-20-4)18-14(12(2)3)17-16(15(18)19)9-6-7-10-16/h12-14,17H,5-11H2,1-4H3. The van der Waals surface area contributed by atoms with Gasteiger partial charge in [-0.1, -0.05) is 40.0 Å². The maximum Gasteiger partial charge on any atom is 0.244 e. The highest BCUT2D eigenvalue weighted by Gasteiger charge is 2.54. The highest BCUT2D eigenvalue weighted by Crippen LogP contribution is 2.39. The molecule has 4 nitrogen and oxygen atoms in total. The van der Waals surface area contributed by atoms with Crippen LogP contribution in [0.25, 0.3) is 0 Å². The van der Waals surface area contributed by atoms with Gasteiger partial charge in [0.2, 0.25) is 5.91 Å². The molecule has 2 fully saturated rings. The fourth-order valence-electron chi connectivity index (χ4n) is 3.83. The van der Waals surface area contributed by atoms with E-state index >= 15 is 0 Å². The van der Waals surface area contributed by atoms with Gasteiger partial charge in [0.05, 0.1) is 24.4 Å². The smallest absolute Gasteiger partial charge is 0.244 e. The van der Waals surface area contributed by atoms with Gasteiger partial charge in [0.1, 0.15) is 0 Å². The molecule has 1 aliphatic heterocycles. The van der Waals surface area contributed by atoms with Crippen LogP contribution in [0.15, 0.2) is 0 Å². The van der Waals surface area contributed by atoms with Crippen LogP contribution in [0.5, 0.6) is 0 Å². The van der Waals surface area contributed by atoms with Crippen LogP contribution in [0.4, 0.5) is 0 Å². The number of nitrogens with one attached hydrogen (secondary N) is 1. The Labute approximate surface area is 123 Å². The average Bonchev–Trinajstić information content (AvgIpc) is 2.98. The summed E-state index contributed by atoms with van der Waals surface area (Å²) in [5.41, 5.74) is -0.269. The van der Waals surface area contributed by atoms with Crippen molar-refractivity contribution in [1.82, 2.24) is 10.2 Å². The normalized spacial score (nSPS) is 26.9. The molecule has 1 amide bonds. The van der Waals surface area contributed by atoms with Gasteiger partial charge >= 0.3 is 0 Å². The molecular formula is C16H30N2O2. The van der Waals surface area contributed by atoms with E-state index < -0.39 is 0 Å². The summed E-state index contributed by atoms with van der Waals surface area (Å²) in [6.07, 6.45) is 6.58. The molecule has 0 aromatic heterocycles. The summed E-state index contributed by atoms with van der Waals surface area (Å²) >= 11 is 0. The Hall–Kier alpha value is -0.610. The summed E-state index contributed by atoms with van der Waals surface area (Å²) in [6, 6.07) is 0.206. The molecule has 4 heteroatoms. The molecule has 116 valence electrons. The fourth-order valence-corrected chi connectivity index (χ4v) is 3.83. The van der Waals surface area contributed by atoms with Crippen LogP contribution in [-0.4, -0.2) is 42.3 Å². The molecule has 1 saturated heterocycles. The minimum absolute atomic E-state index is 0.160. The van der Waals surface area contributed by atoms with Crippen molar-refractivity contribution < 1.29 is 9.53 Å². The first-order chi connectivity index (χ1) is 9.55. The number of hydrogen-bond acceptors (Lipinski definition) is 3. The lowest BCUT2D eigenvalue weighted by molar-refractivity contribution is -0.137. The lowest BCUT2D eigenvalue weighted by Gasteiger charge is -2.34. The van der Waals surface area contributed by atoms with Gasteiger partial charge < -0.3 is 9.64 Å². The van der Waals surface area contributed by atoms with Crippen molar-refractivity contribution >= 4 is 5.91 Å². The molecule has 0 aromatic rings. The number of ether oxygens (including phenoxy) is 1. The van der Waals surface area contributed by atoms with E-state index in [0.717, 1.165) is 25.7 Å². The first-order valence-electron chi connectivity index (χ1n) is 8.15. The van der Waals surface area contributed by atoms with Gasteiger partial charge in [-0.25, -0.2) is 0 Å². The average molecular weight is 282 g/mol. The zero-order valence-corrected chi connectivity index (χ0v) is 13.4. The molecule has 0 radical (unpaired) electrons. The van der Waals surface area contributed by atoms with E-state index in [0.29, 0.717) is 18.4 Å². The summed E-state index contributed by atoms with van der Waals surface area (Å²) in [5.74, 6) is 0.749. The summed E-state index contributed by atoms with van der Waals surface area (Å²) in [4.78, 5) is 15.2. The number of nitrogens with zero attached hydrogens (tertiary/aromatic N) is 1. The number of rotatable bonds is 6. The molecule has 1 saturated carbocycles. The summed E-state index contributed by atoms with van der Waals surface area (Å²) < 4.78 is 5.37. The quantitative estimate of drug-likeness (QED) is 0.814. The summed E-state index contributed by atoms with van der Waals surface area (Å²) in [7, 11) is 1.73. The molecule has 1 N–H and O–H groups in total. The molecule has 1 aliphatic carbocycles. The van der Waals surface area contributed by atoms with Crippen molar-refractivity contribution in [2.75, 3.05) is 13.7 Å². The molecular weight excluding hydrogens is 252 g/mol. The lowest BCUT2D eigenvalue weighted by Crippen LogP contribution is -2.49. The second-order valence-corrected chi connectivity index (χ2v) is 6.73. The molecule has 2 unspecified atom stereocenters. The summed E-state index contributed by atoms with van der Waals surface area (Å²) in [6.45, 7) is 7.20. The maximum atomic E-state index is 13.0. The third-order valence-electron chi connectivity index (χ3n) is 4.83. The highest BCUT2D eigenvalue weighted by molar-refractivity contribution is 5.89. The zero-order valence-electron chi connectivity index (χ0n) is 13.4. The first kappa shape index (κ1) is 15.8. The van der Waals surface area contributed by atoms with E-state index in [2.05, 4.69) is 31.0 Å². The number of carbonyl (C=O) groups excluding carboxylic acids is 1. The number of hydrogen-bond donors (Lipinski definition) is 1. The minimum atomic E-state index is -0.269. The van der Waals surface area contributed by atoms with Gasteiger partial charge in [-0.15, -0.1) is 0 Å². The van der Waals surface area contributed by atoms with E-state index in [4.69, 9.17) is 4.74 Å². The molecule has 0 bridgehead atoms. The van der Waals surface area contributed by atoms with Crippen LogP contribution < -0.4 is 5.32 Å². The van der Waals surface area contributed by atoms with E-state index in [1.165, 1.54) is 12.8 Å². The van der Waals surface area contributed by atoms with Crippen molar-refractivity contribution in [3.63, 3.8) is 0 Å². The van der Waals surface area contributed by atoms with Crippen LogP contribution in [-0.2, 0) is 9.53 Å². The Bertz CT molecular complexity index is 331. The lowest BCUT2D eigenvalue weighted by atomic mass is 9.97. The topological polar surface area (TPSA) is 41.6 Å². The number of methoxy groups -OCH3 is 1. The minimum Gasteiger partial charge on any atom is -0.383 e. The van der Waals surface area contributed by atoms with Crippen LogP contribution in [0, 0.1) is 5.92 Å². The molecule has 2 atom stereocenters. The monoisotopic (exact) mass is 282 g/mol. The predicted octanol–water partition coefficient (Wildman–Crippen LogP) is 2.53. The van der Waals surface area contributed by atoms with Gasteiger partial charge in [-0.3, -0.25) is 10.1 Å². The molecule has 0 aromatic carbocycles. The van der Waals surface area contributed by atoms with Crippen LogP contribution >= 0.6 is 0 Å². The largest absolute Gasteiger partial charge is 0.383 e. The first-order valence-corrected chi connectivity index (χ1v) is 8.15.